The summed E-state index contributed by atoms with van der Waals surface area (Å²) in [6.45, 7) is 3.75. The number of carbonyl (C=O) groups excluding carboxylic acids is 1. The summed E-state index contributed by atoms with van der Waals surface area (Å²) in [7, 11) is 0. The van der Waals surface area contributed by atoms with Crippen LogP contribution in [0.3, 0.4) is 0 Å². The van der Waals surface area contributed by atoms with E-state index in [0.29, 0.717) is 13.0 Å². The van der Waals surface area contributed by atoms with E-state index in [1.54, 1.807) is 6.92 Å². The van der Waals surface area contributed by atoms with Gasteiger partial charge in [-0.2, -0.15) is 0 Å². The SMILES string of the molecule is CC(CCCN)C(=O)NC(C)C(=O)O. The Morgan fingerprint density at radius 2 is 2.00 bits per heavy atom. The maximum absolute atomic E-state index is 11.3. The minimum atomic E-state index is -1.02. The molecule has 0 radical (unpaired) electrons. The second-order valence-corrected chi connectivity index (χ2v) is 3.40. The minimum Gasteiger partial charge on any atom is -0.480 e. The molecule has 0 aliphatic carbocycles. The van der Waals surface area contributed by atoms with Crippen LogP contribution in [0.4, 0.5) is 0 Å². The standard InChI is InChI=1S/C9H18N2O3/c1-6(4-3-5-10)8(12)11-7(2)9(13)14/h6-7H,3-5,10H2,1-2H3,(H,11,12)(H,13,14). The van der Waals surface area contributed by atoms with Gasteiger partial charge in [0, 0.05) is 5.92 Å². The Balaban J connectivity index is 3.88. The van der Waals surface area contributed by atoms with Crippen LogP contribution in [0.25, 0.3) is 0 Å². The molecule has 0 aromatic carbocycles. The third-order valence-corrected chi connectivity index (χ3v) is 2.02. The topological polar surface area (TPSA) is 92.4 Å². The van der Waals surface area contributed by atoms with Gasteiger partial charge >= 0.3 is 5.97 Å². The first-order chi connectivity index (χ1) is 6.49. The smallest absolute Gasteiger partial charge is 0.325 e. The van der Waals surface area contributed by atoms with Gasteiger partial charge in [0.15, 0.2) is 0 Å². The molecule has 1 amide bonds. The van der Waals surface area contributed by atoms with E-state index in [1.807, 2.05) is 0 Å². The highest BCUT2D eigenvalue weighted by Crippen LogP contribution is 2.04. The van der Waals surface area contributed by atoms with Crippen LogP contribution < -0.4 is 11.1 Å². The van der Waals surface area contributed by atoms with Crippen LogP contribution in [0, 0.1) is 5.92 Å². The van der Waals surface area contributed by atoms with E-state index in [2.05, 4.69) is 5.32 Å². The highest BCUT2D eigenvalue weighted by atomic mass is 16.4. The second kappa shape index (κ2) is 6.37. The number of hydrogen-bond acceptors (Lipinski definition) is 3. The molecule has 4 N–H and O–H groups in total. The monoisotopic (exact) mass is 202 g/mol. The third kappa shape index (κ3) is 4.81. The van der Waals surface area contributed by atoms with E-state index in [9.17, 15) is 9.59 Å². The molecule has 0 aliphatic heterocycles. The number of carboxylic acids is 1. The van der Waals surface area contributed by atoms with E-state index in [4.69, 9.17) is 10.8 Å². The zero-order valence-corrected chi connectivity index (χ0v) is 8.62. The maximum Gasteiger partial charge on any atom is 0.325 e. The van der Waals surface area contributed by atoms with Crippen molar-refractivity contribution < 1.29 is 14.7 Å². The molecule has 0 bridgehead atoms. The number of carboxylic acid groups (broad SMARTS) is 1. The second-order valence-electron chi connectivity index (χ2n) is 3.40. The molecule has 0 spiro atoms. The number of nitrogens with one attached hydrogen (secondary N) is 1. The molecule has 0 aromatic heterocycles. The Morgan fingerprint density at radius 1 is 1.43 bits per heavy atom. The van der Waals surface area contributed by atoms with Gasteiger partial charge in [-0.05, 0) is 26.3 Å². The predicted molar refractivity (Wildman–Crippen MR) is 52.7 cm³/mol. The van der Waals surface area contributed by atoms with Crippen LogP contribution in [0.1, 0.15) is 26.7 Å². The van der Waals surface area contributed by atoms with Gasteiger partial charge in [0.1, 0.15) is 6.04 Å². The van der Waals surface area contributed by atoms with Gasteiger partial charge in [-0.3, -0.25) is 9.59 Å². The molecule has 0 fully saturated rings. The van der Waals surface area contributed by atoms with Crippen molar-refractivity contribution in [1.82, 2.24) is 5.32 Å². The molecule has 0 aliphatic rings. The van der Waals surface area contributed by atoms with Gasteiger partial charge in [-0.15, -0.1) is 0 Å². The van der Waals surface area contributed by atoms with Gasteiger partial charge in [-0.1, -0.05) is 6.92 Å². The lowest BCUT2D eigenvalue weighted by molar-refractivity contribution is -0.141. The molecule has 0 heterocycles. The van der Waals surface area contributed by atoms with Crippen LogP contribution in [0.5, 0.6) is 0 Å². The lowest BCUT2D eigenvalue weighted by Gasteiger charge is -2.14. The highest BCUT2D eigenvalue weighted by molar-refractivity contribution is 5.84. The summed E-state index contributed by atoms with van der Waals surface area (Å²) in [6.07, 6.45) is 1.46. The summed E-state index contributed by atoms with van der Waals surface area (Å²) >= 11 is 0. The molecular weight excluding hydrogens is 184 g/mol. The average Bonchev–Trinajstić information content (AvgIpc) is 2.13. The van der Waals surface area contributed by atoms with E-state index >= 15 is 0 Å². The van der Waals surface area contributed by atoms with Crippen molar-refractivity contribution in [2.45, 2.75) is 32.7 Å². The number of hydrogen-bond donors (Lipinski definition) is 3. The van der Waals surface area contributed by atoms with Gasteiger partial charge in [0.2, 0.25) is 5.91 Å². The van der Waals surface area contributed by atoms with Crippen LogP contribution in [0.2, 0.25) is 0 Å². The summed E-state index contributed by atoms with van der Waals surface area (Å²) in [6, 6.07) is -0.831. The van der Waals surface area contributed by atoms with Gasteiger partial charge < -0.3 is 16.2 Å². The van der Waals surface area contributed by atoms with Crippen molar-refractivity contribution in [2.24, 2.45) is 11.7 Å². The molecule has 0 rings (SSSR count). The summed E-state index contributed by atoms with van der Waals surface area (Å²) < 4.78 is 0. The van der Waals surface area contributed by atoms with Gasteiger partial charge in [0.05, 0.1) is 0 Å². The first-order valence-corrected chi connectivity index (χ1v) is 4.72. The van der Waals surface area contributed by atoms with Crippen LogP contribution in [-0.4, -0.2) is 29.6 Å². The highest BCUT2D eigenvalue weighted by Gasteiger charge is 2.18. The van der Waals surface area contributed by atoms with Crippen molar-refractivity contribution in [3.05, 3.63) is 0 Å². The summed E-state index contributed by atoms with van der Waals surface area (Å²) in [5.41, 5.74) is 5.30. The Kier molecular flexibility index (Phi) is 5.87. The van der Waals surface area contributed by atoms with Gasteiger partial charge in [-0.25, -0.2) is 0 Å². The van der Waals surface area contributed by atoms with E-state index in [-0.39, 0.29) is 11.8 Å². The van der Waals surface area contributed by atoms with E-state index in [0.717, 1.165) is 6.42 Å². The Bertz CT molecular complexity index is 206. The Labute approximate surface area is 83.7 Å². The molecule has 5 nitrogen and oxygen atoms in total. The fourth-order valence-electron chi connectivity index (χ4n) is 0.973. The minimum absolute atomic E-state index is 0.180. The summed E-state index contributed by atoms with van der Waals surface area (Å²) in [5.74, 6) is -1.43. The van der Waals surface area contributed by atoms with Crippen LogP contribution in [0.15, 0.2) is 0 Å². The maximum atomic E-state index is 11.3. The third-order valence-electron chi connectivity index (χ3n) is 2.02. The average molecular weight is 202 g/mol. The van der Waals surface area contributed by atoms with Gasteiger partial charge in [0.25, 0.3) is 0 Å². The normalized spacial score (nSPS) is 14.5. The molecule has 2 atom stereocenters. The molecule has 0 saturated heterocycles. The first kappa shape index (κ1) is 12.9. The quantitative estimate of drug-likeness (QED) is 0.563. The van der Waals surface area contributed by atoms with E-state index < -0.39 is 12.0 Å². The lowest BCUT2D eigenvalue weighted by atomic mass is 10.0. The molecule has 82 valence electrons. The molecule has 0 aromatic rings. The zero-order valence-electron chi connectivity index (χ0n) is 8.62. The Morgan fingerprint density at radius 3 is 2.43 bits per heavy atom. The molecule has 0 saturated carbocycles. The number of nitrogens with two attached hydrogens (primary N) is 1. The van der Waals surface area contributed by atoms with Crippen molar-refractivity contribution in [1.29, 1.82) is 0 Å². The largest absolute Gasteiger partial charge is 0.480 e. The zero-order chi connectivity index (χ0) is 11.1. The lowest BCUT2D eigenvalue weighted by Crippen LogP contribution is -2.41. The van der Waals surface area contributed by atoms with Crippen molar-refractivity contribution >= 4 is 11.9 Å². The molecule has 5 heteroatoms. The van der Waals surface area contributed by atoms with Crippen LogP contribution >= 0.6 is 0 Å². The van der Waals surface area contributed by atoms with Crippen molar-refractivity contribution in [3.8, 4) is 0 Å². The summed E-state index contributed by atoms with van der Waals surface area (Å²) in [5, 5.41) is 11.0. The predicted octanol–water partition coefficient (Wildman–Crippen LogP) is -0.0493. The molecule has 14 heavy (non-hydrogen) atoms. The number of carbonyl (C=O) groups is 2. The van der Waals surface area contributed by atoms with Crippen molar-refractivity contribution in [2.75, 3.05) is 6.54 Å². The molecule has 2 unspecified atom stereocenters. The molecular formula is C9H18N2O3. The van der Waals surface area contributed by atoms with Crippen LogP contribution in [-0.2, 0) is 9.59 Å². The fraction of sp³-hybridized carbons (Fsp3) is 0.778. The Hall–Kier alpha value is -1.10. The summed E-state index contributed by atoms with van der Waals surface area (Å²) in [4.78, 5) is 21.8. The first-order valence-electron chi connectivity index (χ1n) is 4.72. The number of rotatable bonds is 6. The van der Waals surface area contributed by atoms with E-state index in [1.165, 1.54) is 6.92 Å². The fourth-order valence-corrected chi connectivity index (χ4v) is 0.973. The number of amides is 1. The van der Waals surface area contributed by atoms with Crippen molar-refractivity contribution in [3.63, 3.8) is 0 Å². The number of aliphatic carboxylic acids is 1.